The average Bonchev–Trinajstić information content (AvgIpc) is 3.31. The third-order valence-electron chi connectivity index (χ3n) is 5.32. The highest BCUT2D eigenvalue weighted by Crippen LogP contribution is 2.39. The monoisotopic (exact) mass is 362 g/mol. The van der Waals surface area contributed by atoms with Crippen LogP contribution >= 0.6 is 0 Å². The maximum atomic E-state index is 3.58. The molecular formula is C26H22N2. The minimum Gasteiger partial charge on any atom is -0.354 e. The highest BCUT2D eigenvalue weighted by atomic mass is 15.0. The number of rotatable bonds is 1. The van der Waals surface area contributed by atoms with E-state index >= 15 is 0 Å². The molecule has 0 bridgehead atoms. The van der Waals surface area contributed by atoms with E-state index in [9.17, 15) is 0 Å². The van der Waals surface area contributed by atoms with Gasteiger partial charge in [-0.25, -0.2) is 0 Å². The molecule has 0 radical (unpaired) electrons. The van der Waals surface area contributed by atoms with Crippen LogP contribution in [0.5, 0.6) is 0 Å². The second kappa shape index (κ2) is 6.58. The fourth-order valence-electron chi connectivity index (χ4n) is 4.23. The van der Waals surface area contributed by atoms with E-state index in [2.05, 4.69) is 101 Å². The van der Waals surface area contributed by atoms with Crippen molar-refractivity contribution in [2.75, 3.05) is 0 Å². The summed E-state index contributed by atoms with van der Waals surface area (Å²) < 4.78 is 2.40. The zero-order valence-electron chi connectivity index (χ0n) is 16.1. The van der Waals surface area contributed by atoms with E-state index in [1.54, 1.807) is 0 Å². The van der Waals surface area contributed by atoms with Crippen LogP contribution in [0.3, 0.4) is 0 Å². The molecule has 0 unspecified atom stereocenters. The second-order valence-corrected chi connectivity index (χ2v) is 6.74. The first-order valence-electron chi connectivity index (χ1n) is 9.90. The van der Waals surface area contributed by atoms with Gasteiger partial charge in [0.1, 0.15) is 0 Å². The van der Waals surface area contributed by atoms with E-state index < -0.39 is 0 Å². The molecular weight excluding hydrogens is 340 g/mol. The molecule has 0 amide bonds. The normalized spacial score (nSPS) is 11.2. The Hall–Kier alpha value is -3.52. The number of nitrogens with zero attached hydrogens (tertiary/aromatic N) is 1. The van der Waals surface area contributed by atoms with Crippen LogP contribution in [-0.4, -0.2) is 9.55 Å². The molecule has 28 heavy (non-hydrogen) atoms. The molecule has 2 heterocycles. The Balaban J connectivity index is 0.000000829. The summed E-state index contributed by atoms with van der Waals surface area (Å²) in [5.41, 5.74) is 6.06. The molecule has 0 spiro atoms. The van der Waals surface area contributed by atoms with Gasteiger partial charge in [-0.05, 0) is 30.3 Å². The Morgan fingerprint density at radius 2 is 1.25 bits per heavy atom. The molecule has 6 rings (SSSR count). The van der Waals surface area contributed by atoms with Crippen molar-refractivity contribution in [2.45, 2.75) is 13.8 Å². The number of H-pyrrole nitrogens is 1. The van der Waals surface area contributed by atoms with Gasteiger partial charge >= 0.3 is 0 Å². The highest BCUT2D eigenvalue weighted by Gasteiger charge is 2.17. The predicted octanol–water partition coefficient (Wildman–Crippen LogP) is 7.44. The number of nitrogens with one attached hydrogen (secondary N) is 1. The van der Waals surface area contributed by atoms with E-state index in [0.717, 1.165) is 0 Å². The summed E-state index contributed by atoms with van der Waals surface area (Å²) in [5, 5.41) is 5.14. The van der Waals surface area contributed by atoms with Crippen LogP contribution in [0.1, 0.15) is 13.8 Å². The van der Waals surface area contributed by atoms with Gasteiger partial charge in [0.2, 0.25) is 0 Å². The molecule has 0 aliphatic carbocycles. The molecule has 0 saturated heterocycles. The van der Waals surface area contributed by atoms with Crippen LogP contribution in [0, 0.1) is 0 Å². The van der Waals surface area contributed by atoms with Crippen molar-refractivity contribution in [3.05, 3.63) is 91.0 Å². The molecule has 0 saturated carbocycles. The Morgan fingerprint density at radius 1 is 0.571 bits per heavy atom. The highest BCUT2D eigenvalue weighted by molar-refractivity contribution is 6.25. The third kappa shape index (κ3) is 2.28. The first kappa shape index (κ1) is 16.6. The zero-order chi connectivity index (χ0) is 19.1. The van der Waals surface area contributed by atoms with Crippen LogP contribution in [0.2, 0.25) is 0 Å². The van der Waals surface area contributed by atoms with Crippen LogP contribution in [0.25, 0.3) is 49.3 Å². The summed E-state index contributed by atoms with van der Waals surface area (Å²) in [7, 11) is 0. The standard InChI is InChI=1S/C24H16N2.C2H6/c1-2-8-16(9-3-1)26-22-13-7-5-10-17(22)18-14-15-21-23(24(18)26)19-11-4-6-12-20(19)25-21;1-2/h1-15,25H;1-2H3. The van der Waals surface area contributed by atoms with E-state index in [1.165, 1.54) is 49.3 Å². The maximum absolute atomic E-state index is 3.58. The minimum atomic E-state index is 1.18. The number of para-hydroxylation sites is 3. The summed E-state index contributed by atoms with van der Waals surface area (Å²) in [6.45, 7) is 4.00. The topological polar surface area (TPSA) is 20.7 Å². The largest absolute Gasteiger partial charge is 0.354 e. The molecule has 2 nitrogen and oxygen atoms in total. The van der Waals surface area contributed by atoms with Crippen molar-refractivity contribution in [2.24, 2.45) is 0 Å². The van der Waals surface area contributed by atoms with Crippen molar-refractivity contribution in [1.29, 1.82) is 0 Å². The van der Waals surface area contributed by atoms with Crippen molar-refractivity contribution >= 4 is 43.6 Å². The molecule has 6 aromatic rings. The van der Waals surface area contributed by atoms with Gasteiger partial charge < -0.3 is 9.55 Å². The van der Waals surface area contributed by atoms with Gasteiger partial charge in [0.15, 0.2) is 0 Å². The summed E-state index contributed by atoms with van der Waals surface area (Å²) in [6.07, 6.45) is 0. The quantitative estimate of drug-likeness (QED) is 0.314. The third-order valence-corrected chi connectivity index (χ3v) is 5.32. The number of aromatic amines is 1. The fourth-order valence-corrected chi connectivity index (χ4v) is 4.23. The lowest BCUT2D eigenvalue weighted by atomic mass is 10.1. The van der Waals surface area contributed by atoms with Crippen molar-refractivity contribution in [3.8, 4) is 5.69 Å². The minimum absolute atomic E-state index is 1.18. The Morgan fingerprint density at radius 3 is 2.07 bits per heavy atom. The van der Waals surface area contributed by atoms with Crippen LogP contribution in [0.15, 0.2) is 91.0 Å². The number of fused-ring (bicyclic) bond motifs is 7. The van der Waals surface area contributed by atoms with Crippen molar-refractivity contribution in [1.82, 2.24) is 9.55 Å². The van der Waals surface area contributed by atoms with Gasteiger partial charge in [-0.15, -0.1) is 0 Å². The molecule has 0 fully saturated rings. The predicted molar refractivity (Wildman–Crippen MR) is 121 cm³/mol. The zero-order valence-corrected chi connectivity index (χ0v) is 16.1. The van der Waals surface area contributed by atoms with E-state index in [0.29, 0.717) is 0 Å². The van der Waals surface area contributed by atoms with E-state index in [1.807, 2.05) is 13.8 Å². The maximum Gasteiger partial charge on any atom is 0.0641 e. The lowest BCUT2D eigenvalue weighted by Crippen LogP contribution is -1.93. The number of benzene rings is 4. The van der Waals surface area contributed by atoms with Gasteiger partial charge in [-0.3, -0.25) is 0 Å². The molecule has 2 heteroatoms. The summed E-state index contributed by atoms with van der Waals surface area (Å²) in [4.78, 5) is 3.58. The Labute approximate surface area is 164 Å². The SMILES string of the molecule is CC.c1ccc(-n2c3ccccc3c3ccc4[nH]c5ccccc5c4c32)cc1. The molecule has 136 valence electrons. The molecule has 1 N–H and O–H groups in total. The number of aromatic nitrogens is 2. The summed E-state index contributed by atoms with van der Waals surface area (Å²) >= 11 is 0. The molecule has 0 aliphatic rings. The lowest BCUT2D eigenvalue weighted by Gasteiger charge is -2.08. The summed E-state index contributed by atoms with van der Waals surface area (Å²) in [5.74, 6) is 0. The molecule has 2 aromatic heterocycles. The van der Waals surface area contributed by atoms with Gasteiger partial charge in [0.25, 0.3) is 0 Å². The number of hydrogen-bond donors (Lipinski definition) is 1. The molecule has 4 aromatic carbocycles. The first-order chi connectivity index (χ1) is 13.9. The fraction of sp³-hybridized carbons (Fsp3) is 0.0769. The van der Waals surface area contributed by atoms with Gasteiger partial charge in [-0.1, -0.05) is 74.5 Å². The van der Waals surface area contributed by atoms with Crippen molar-refractivity contribution < 1.29 is 0 Å². The van der Waals surface area contributed by atoms with Gasteiger partial charge in [-0.2, -0.15) is 0 Å². The average molecular weight is 362 g/mol. The van der Waals surface area contributed by atoms with Gasteiger partial charge in [0, 0.05) is 38.3 Å². The summed E-state index contributed by atoms with van der Waals surface area (Å²) in [6, 6.07) is 32.3. The van der Waals surface area contributed by atoms with Crippen LogP contribution in [0.4, 0.5) is 0 Å². The van der Waals surface area contributed by atoms with Crippen LogP contribution < -0.4 is 0 Å². The lowest BCUT2D eigenvalue weighted by molar-refractivity contribution is 1.19. The van der Waals surface area contributed by atoms with Crippen LogP contribution in [-0.2, 0) is 0 Å². The van der Waals surface area contributed by atoms with Crippen molar-refractivity contribution in [3.63, 3.8) is 0 Å². The number of hydrogen-bond acceptors (Lipinski definition) is 0. The second-order valence-electron chi connectivity index (χ2n) is 6.74. The van der Waals surface area contributed by atoms with E-state index in [-0.39, 0.29) is 0 Å². The smallest absolute Gasteiger partial charge is 0.0641 e. The molecule has 0 aliphatic heterocycles. The van der Waals surface area contributed by atoms with E-state index in [4.69, 9.17) is 0 Å². The molecule has 0 atom stereocenters. The Bertz CT molecular complexity index is 1420. The first-order valence-corrected chi connectivity index (χ1v) is 9.90. The Kier molecular flexibility index (Phi) is 3.91. The van der Waals surface area contributed by atoms with Gasteiger partial charge in [0.05, 0.1) is 11.0 Å².